The van der Waals surface area contributed by atoms with Gasteiger partial charge >= 0.3 is 0 Å². The molecular weight excluding hydrogens is 234 g/mol. The van der Waals surface area contributed by atoms with Crippen molar-refractivity contribution in [3.63, 3.8) is 0 Å². The highest BCUT2D eigenvalue weighted by Crippen LogP contribution is 2.32. The fraction of sp³-hybridized carbons (Fsp3) is 0.647. The molecule has 0 fully saturated rings. The summed E-state index contributed by atoms with van der Waals surface area (Å²) in [4.78, 5) is 0. The van der Waals surface area contributed by atoms with E-state index in [1.165, 1.54) is 36.8 Å². The summed E-state index contributed by atoms with van der Waals surface area (Å²) in [6.07, 6.45) is 6.34. The maximum atomic E-state index is 6.00. The molecule has 0 saturated heterocycles. The van der Waals surface area contributed by atoms with E-state index in [1.54, 1.807) is 0 Å². The first-order valence-corrected chi connectivity index (χ1v) is 7.77. The fourth-order valence-corrected chi connectivity index (χ4v) is 3.02. The van der Waals surface area contributed by atoms with Gasteiger partial charge in [-0.15, -0.1) is 0 Å². The van der Waals surface area contributed by atoms with Gasteiger partial charge in [-0.25, -0.2) is 0 Å². The normalized spacial score (nSPS) is 19.8. The predicted molar refractivity (Wildman–Crippen MR) is 80.8 cm³/mol. The molecule has 1 aromatic carbocycles. The highest BCUT2D eigenvalue weighted by Gasteiger charge is 2.19. The van der Waals surface area contributed by atoms with Crippen molar-refractivity contribution in [1.82, 2.24) is 5.32 Å². The molecule has 0 aliphatic heterocycles. The average Bonchev–Trinajstić information content (AvgIpc) is 2.39. The van der Waals surface area contributed by atoms with Gasteiger partial charge in [0.05, 0.1) is 6.10 Å². The van der Waals surface area contributed by atoms with E-state index in [0.717, 1.165) is 18.7 Å². The molecule has 106 valence electrons. The lowest BCUT2D eigenvalue weighted by Gasteiger charge is -2.27. The van der Waals surface area contributed by atoms with Crippen LogP contribution in [0.15, 0.2) is 18.2 Å². The molecule has 0 aromatic heterocycles. The Balaban J connectivity index is 2.10. The number of rotatable bonds is 6. The summed E-state index contributed by atoms with van der Waals surface area (Å²) in [6, 6.07) is 7.19. The van der Waals surface area contributed by atoms with Crippen LogP contribution in [0.2, 0.25) is 0 Å². The second kappa shape index (κ2) is 6.95. The number of fused-ring (bicyclic) bond motifs is 1. The van der Waals surface area contributed by atoms with E-state index >= 15 is 0 Å². The standard InChI is InChI=1S/C17H27NO/c1-4-7-13(3)19-15-10-11-16-14(12-15)8-6-9-17(16)18-5-2/h10-13,17-18H,4-9H2,1-3H3. The molecule has 2 heteroatoms. The van der Waals surface area contributed by atoms with Crippen LogP contribution in [0, 0.1) is 0 Å². The maximum absolute atomic E-state index is 6.00. The molecule has 0 spiro atoms. The summed E-state index contributed by atoms with van der Waals surface area (Å²) in [5, 5.41) is 3.58. The lowest BCUT2D eigenvalue weighted by Crippen LogP contribution is -2.25. The van der Waals surface area contributed by atoms with E-state index in [1.807, 2.05) is 0 Å². The molecule has 1 aromatic rings. The number of benzene rings is 1. The molecule has 1 aliphatic carbocycles. The molecule has 19 heavy (non-hydrogen) atoms. The van der Waals surface area contributed by atoms with Gasteiger partial charge in [-0.05, 0) is 62.4 Å². The van der Waals surface area contributed by atoms with Gasteiger partial charge in [0.25, 0.3) is 0 Å². The van der Waals surface area contributed by atoms with Crippen LogP contribution < -0.4 is 10.1 Å². The topological polar surface area (TPSA) is 21.3 Å². The Morgan fingerprint density at radius 3 is 2.95 bits per heavy atom. The first-order valence-electron chi connectivity index (χ1n) is 7.77. The Hall–Kier alpha value is -1.02. The number of aryl methyl sites for hydroxylation is 1. The predicted octanol–water partition coefficient (Wildman–Crippen LogP) is 4.24. The quantitative estimate of drug-likeness (QED) is 0.827. The molecule has 1 aliphatic rings. The van der Waals surface area contributed by atoms with E-state index < -0.39 is 0 Å². The molecule has 2 rings (SSSR count). The lowest BCUT2D eigenvalue weighted by molar-refractivity contribution is 0.209. The average molecular weight is 261 g/mol. The Bertz CT molecular complexity index is 402. The molecule has 2 unspecified atom stereocenters. The van der Waals surface area contributed by atoms with Gasteiger partial charge < -0.3 is 10.1 Å². The first-order chi connectivity index (χ1) is 9.24. The van der Waals surface area contributed by atoms with Crippen molar-refractivity contribution >= 4 is 0 Å². The Morgan fingerprint density at radius 1 is 1.37 bits per heavy atom. The molecule has 2 nitrogen and oxygen atoms in total. The molecule has 0 amide bonds. The van der Waals surface area contributed by atoms with Crippen molar-refractivity contribution in [1.29, 1.82) is 0 Å². The van der Waals surface area contributed by atoms with Gasteiger partial charge in [0.15, 0.2) is 0 Å². The summed E-state index contributed by atoms with van der Waals surface area (Å²) in [5.74, 6) is 1.04. The van der Waals surface area contributed by atoms with Crippen molar-refractivity contribution < 1.29 is 4.74 Å². The third kappa shape index (κ3) is 3.73. The lowest BCUT2D eigenvalue weighted by atomic mass is 9.87. The summed E-state index contributed by atoms with van der Waals surface area (Å²) >= 11 is 0. The number of nitrogens with one attached hydrogen (secondary N) is 1. The van der Waals surface area contributed by atoms with Crippen molar-refractivity contribution in [2.24, 2.45) is 0 Å². The van der Waals surface area contributed by atoms with Gasteiger partial charge in [0, 0.05) is 6.04 Å². The van der Waals surface area contributed by atoms with Crippen LogP contribution in [0.4, 0.5) is 0 Å². The zero-order valence-corrected chi connectivity index (χ0v) is 12.5. The van der Waals surface area contributed by atoms with Crippen LogP contribution >= 0.6 is 0 Å². The first kappa shape index (κ1) is 14.4. The van der Waals surface area contributed by atoms with E-state index in [4.69, 9.17) is 4.74 Å². The number of hydrogen-bond donors (Lipinski definition) is 1. The number of hydrogen-bond acceptors (Lipinski definition) is 2. The highest BCUT2D eigenvalue weighted by molar-refractivity contribution is 5.39. The second-order valence-corrected chi connectivity index (χ2v) is 5.58. The van der Waals surface area contributed by atoms with Crippen molar-refractivity contribution in [2.45, 2.75) is 65.0 Å². The third-order valence-electron chi connectivity index (χ3n) is 3.91. The van der Waals surface area contributed by atoms with Crippen LogP contribution in [-0.2, 0) is 6.42 Å². The fourth-order valence-electron chi connectivity index (χ4n) is 3.02. The van der Waals surface area contributed by atoms with Crippen molar-refractivity contribution in [3.8, 4) is 5.75 Å². The summed E-state index contributed by atoms with van der Waals surface area (Å²) in [7, 11) is 0. The molecule has 2 atom stereocenters. The van der Waals surface area contributed by atoms with E-state index in [9.17, 15) is 0 Å². The SMILES string of the molecule is CCCC(C)Oc1ccc2c(c1)CCCC2NCC. The van der Waals surface area contributed by atoms with Crippen molar-refractivity contribution in [3.05, 3.63) is 29.3 Å². The highest BCUT2D eigenvalue weighted by atomic mass is 16.5. The largest absolute Gasteiger partial charge is 0.491 e. The van der Waals surface area contributed by atoms with Crippen LogP contribution in [0.25, 0.3) is 0 Å². The molecule has 0 heterocycles. The minimum absolute atomic E-state index is 0.316. The monoisotopic (exact) mass is 261 g/mol. The smallest absolute Gasteiger partial charge is 0.119 e. The van der Waals surface area contributed by atoms with Gasteiger partial charge in [-0.2, -0.15) is 0 Å². The maximum Gasteiger partial charge on any atom is 0.119 e. The van der Waals surface area contributed by atoms with E-state index in [0.29, 0.717) is 12.1 Å². The van der Waals surface area contributed by atoms with Crippen LogP contribution in [0.1, 0.15) is 63.6 Å². The minimum Gasteiger partial charge on any atom is -0.491 e. The number of ether oxygens (including phenoxy) is 1. The van der Waals surface area contributed by atoms with Crippen LogP contribution in [-0.4, -0.2) is 12.6 Å². The summed E-state index contributed by atoms with van der Waals surface area (Å²) in [6.45, 7) is 7.58. The Kier molecular flexibility index (Phi) is 5.26. The van der Waals surface area contributed by atoms with Gasteiger partial charge in [0.2, 0.25) is 0 Å². The third-order valence-corrected chi connectivity index (χ3v) is 3.91. The second-order valence-electron chi connectivity index (χ2n) is 5.58. The van der Waals surface area contributed by atoms with Gasteiger partial charge in [-0.1, -0.05) is 26.3 Å². The Labute approximate surface area is 117 Å². The molecule has 0 bridgehead atoms. The summed E-state index contributed by atoms with van der Waals surface area (Å²) in [5.41, 5.74) is 2.95. The Morgan fingerprint density at radius 2 is 2.21 bits per heavy atom. The molecule has 0 saturated carbocycles. The van der Waals surface area contributed by atoms with Gasteiger partial charge in [-0.3, -0.25) is 0 Å². The molecule has 0 radical (unpaired) electrons. The molecule has 1 N–H and O–H groups in total. The zero-order valence-electron chi connectivity index (χ0n) is 12.5. The van der Waals surface area contributed by atoms with Gasteiger partial charge in [0.1, 0.15) is 5.75 Å². The van der Waals surface area contributed by atoms with Crippen molar-refractivity contribution in [2.75, 3.05) is 6.54 Å². The van der Waals surface area contributed by atoms with Crippen LogP contribution in [0.3, 0.4) is 0 Å². The van der Waals surface area contributed by atoms with E-state index in [-0.39, 0.29) is 0 Å². The zero-order chi connectivity index (χ0) is 13.7. The van der Waals surface area contributed by atoms with E-state index in [2.05, 4.69) is 44.3 Å². The minimum atomic E-state index is 0.316. The summed E-state index contributed by atoms with van der Waals surface area (Å²) < 4.78 is 6.00. The molecular formula is C17H27NO. The van der Waals surface area contributed by atoms with Crippen LogP contribution in [0.5, 0.6) is 5.75 Å².